The van der Waals surface area contributed by atoms with E-state index >= 15 is 8.78 Å². The number of aromatic nitrogens is 2. The van der Waals surface area contributed by atoms with Gasteiger partial charge in [-0.05, 0) is 104 Å². The predicted molar refractivity (Wildman–Crippen MR) is 253 cm³/mol. The number of likely N-dealkylation sites (tertiary alicyclic amines) is 1. The van der Waals surface area contributed by atoms with Crippen molar-refractivity contribution < 1.29 is 40.8 Å². The molecule has 6 aliphatic rings. The normalized spacial score (nSPS) is 23.8. The van der Waals surface area contributed by atoms with Gasteiger partial charge < -0.3 is 19.7 Å². The van der Waals surface area contributed by atoms with Crippen LogP contribution in [0.2, 0.25) is 0 Å². The zero-order valence-corrected chi connectivity index (χ0v) is 38.6. The number of benzene rings is 3. The number of aromatic amines is 1. The number of ketones is 1. The van der Waals surface area contributed by atoms with E-state index in [0.29, 0.717) is 53.0 Å². The van der Waals surface area contributed by atoms with Gasteiger partial charge in [0.05, 0.1) is 11.3 Å². The first-order valence-electron chi connectivity index (χ1n) is 23.8. The molecule has 6 aliphatic heterocycles. The van der Waals surface area contributed by atoms with Crippen molar-refractivity contribution in [3.05, 3.63) is 107 Å². The van der Waals surface area contributed by atoms with Crippen LogP contribution in [0.5, 0.6) is 0 Å². The van der Waals surface area contributed by atoms with Crippen LogP contribution < -0.4 is 19.8 Å². The Hall–Kier alpha value is -6.31. The first kappa shape index (κ1) is 45.2. The number of anilines is 3. The molecule has 0 saturated carbocycles. The number of halogens is 3. The quantitative estimate of drug-likeness (QED) is 0.105. The average Bonchev–Trinajstić information content (AvgIpc) is 4.04. The minimum absolute atomic E-state index is 0.00544. The van der Waals surface area contributed by atoms with Crippen molar-refractivity contribution in [1.29, 1.82) is 0 Å². The summed E-state index contributed by atoms with van der Waals surface area (Å²) in [6.07, 6.45) is 6.65. The molecule has 5 saturated heterocycles. The van der Waals surface area contributed by atoms with Gasteiger partial charge in [0.2, 0.25) is 17.6 Å². The maximum atomic E-state index is 15.8. The third kappa shape index (κ3) is 8.51. The molecule has 15 nitrogen and oxygen atoms in total. The Kier molecular flexibility index (Phi) is 11.7. The molecular formula is C50H52F3N9O6S. The first-order chi connectivity index (χ1) is 33.3. The Morgan fingerprint density at radius 3 is 2.41 bits per heavy atom. The lowest BCUT2D eigenvalue weighted by Crippen LogP contribution is -2.59. The number of hydrogen-bond acceptors (Lipinski definition) is 10. The smallest absolute Gasteiger partial charge is 0.301 e. The van der Waals surface area contributed by atoms with Crippen LogP contribution >= 0.6 is 0 Å². The van der Waals surface area contributed by atoms with Gasteiger partial charge in [0, 0.05) is 123 Å². The zero-order chi connectivity index (χ0) is 47.7. The average molecular weight is 964 g/mol. The van der Waals surface area contributed by atoms with Gasteiger partial charge in [-0.15, -0.1) is 0 Å². The Labute approximate surface area is 397 Å². The van der Waals surface area contributed by atoms with Crippen molar-refractivity contribution in [3.8, 4) is 11.1 Å². The van der Waals surface area contributed by atoms with Crippen molar-refractivity contribution in [1.82, 2.24) is 29.4 Å². The summed E-state index contributed by atoms with van der Waals surface area (Å²) in [4.78, 5) is 67.8. The Balaban J connectivity index is 0.693. The van der Waals surface area contributed by atoms with Crippen LogP contribution in [0.1, 0.15) is 76.8 Å². The van der Waals surface area contributed by atoms with Gasteiger partial charge in [-0.3, -0.25) is 34.1 Å². The number of H-pyrrole nitrogens is 1. The number of amides is 3. The Bertz CT molecular complexity index is 3000. The van der Waals surface area contributed by atoms with Crippen molar-refractivity contribution in [2.45, 2.75) is 69.7 Å². The highest BCUT2D eigenvalue weighted by Crippen LogP contribution is 2.38. The highest BCUT2D eigenvalue weighted by atomic mass is 32.2. The summed E-state index contributed by atoms with van der Waals surface area (Å²) in [6.45, 7) is 5.86. The molecule has 3 unspecified atom stereocenters. The molecule has 11 rings (SSSR count). The summed E-state index contributed by atoms with van der Waals surface area (Å²) in [5.41, 5.74) is 4.06. The number of fused-ring (bicyclic) bond motifs is 3. The zero-order valence-electron chi connectivity index (χ0n) is 37.8. The van der Waals surface area contributed by atoms with Gasteiger partial charge in [0.1, 0.15) is 23.7 Å². The first-order valence-corrected chi connectivity index (χ1v) is 25.3. The summed E-state index contributed by atoms with van der Waals surface area (Å²) in [5, 5.41) is 2.72. The predicted octanol–water partition coefficient (Wildman–Crippen LogP) is 6.02. The monoisotopic (exact) mass is 963 g/mol. The number of carbonyl (C=O) groups excluding carboxylic acids is 4. The fourth-order valence-electron chi connectivity index (χ4n) is 11.4. The highest BCUT2D eigenvalue weighted by Gasteiger charge is 2.43. The number of nitrogens with zero attached hydrogens (tertiary/aromatic N) is 6. The van der Waals surface area contributed by atoms with Crippen LogP contribution in [-0.4, -0.2) is 127 Å². The second-order valence-corrected chi connectivity index (χ2v) is 21.0. The molecule has 0 spiro atoms. The third-order valence-corrected chi connectivity index (χ3v) is 16.7. The molecule has 0 aliphatic carbocycles. The van der Waals surface area contributed by atoms with E-state index in [1.165, 1.54) is 6.20 Å². The number of alkyl halides is 1. The van der Waals surface area contributed by atoms with Gasteiger partial charge in [0.25, 0.3) is 5.91 Å². The van der Waals surface area contributed by atoms with Crippen LogP contribution in [0.4, 0.5) is 30.2 Å². The minimum Gasteiger partial charge on any atom is -0.372 e. The number of hydrogen-bond donors (Lipinski definition) is 3. The standard InChI is InChI=1S/C50H52F3N9O6S/c51-34-15-19-61(28-34)69(67,68)57-41-10-9-40(52)45(46(41)53)47(64)39-23-55-48-38(39)21-31(22-54-48)30-3-5-35(6-4-30)59-16-1-2-42-33(25-59)26-60(42)24-29-13-17-58(18-14-29)36-7-8-37-32(20-36)27-62(50(37)66)43-11-12-44(63)56-49(43)65/h3-10,20-23,29,33-34,42-43,57H,1-2,11-19,24-28H2,(H,54,55)(H,56,63,65)/t33?,34-,42?,43?/m1/s1. The molecule has 8 heterocycles. The van der Waals surface area contributed by atoms with Crippen LogP contribution in [-0.2, 0) is 26.3 Å². The Morgan fingerprint density at radius 2 is 1.64 bits per heavy atom. The summed E-state index contributed by atoms with van der Waals surface area (Å²) >= 11 is 0. The number of carbonyl (C=O) groups is 4. The molecule has 0 bridgehead atoms. The lowest BCUT2D eigenvalue weighted by Gasteiger charge is -2.50. The van der Waals surface area contributed by atoms with Gasteiger partial charge in [0.15, 0.2) is 5.82 Å². The number of imide groups is 1. The van der Waals surface area contributed by atoms with Crippen LogP contribution in [0.3, 0.4) is 0 Å². The van der Waals surface area contributed by atoms with Crippen molar-refractivity contribution in [2.24, 2.45) is 11.8 Å². The maximum Gasteiger partial charge on any atom is 0.301 e. The molecule has 3 amide bonds. The molecule has 19 heteroatoms. The van der Waals surface area contributed by atoms with Crippen molar-refractivity contribution in [2.75, 3.05) is 66.9 Å². The lowest BCUT2D eigenvalue weighted by molar-refractivity contribution is -0.136. The third-order valence-electron chi connectivity index (χ3n) is 15.2. The van der Waals surface area contributed by atoms with Crippen molar-refractivity contribution in [3.63, 3.8) is 0 Å². The van der Waals surface area contributed by atoms with E-state index in [2.05, 4.69) is 52.9 Å². The van der Waals surface area contributed by atoms with Crippen LogP contribution in [0.15, 0.2) is 73.1 Å². The van der Waals surface area contributed by atoms with Crippen LogP contribution in [0.25, 0.3) is 22.2 Å². The van der Waals surface area contributed by atoms with E-state index in [1.807, 2.05) is 24.3 Å². The molecule has 5 aromatic rings. The minimum atomic E-state index is -4.36. The molecule has 4 atom stereocenters. The highest BCUT2D eigenvalue weighted by molar-refractivity contribution is 7.90. The van der Waals surface area contributed by atoms with Gasteiger partial charge >= 0.3 is 10.2 Å². The molecular weight excluding hydrogens is 912 g/mol. The van der Waals surface area contributed by atoms with E-state index in [-0.39, 0.29) is 43.3 Å². The van der Waals surface area contributed by atoms with Crippen molar-refractivity contribution >= 4 is 61.8 Å². The lowest BCUT2D eigenvalue weighted by atomic mass is 9.84. The molecule has 3 N–H and O–H groups in total. The SMILES string of the molecule is O=C1CCC(N2Cc3cc(N4CCC(CN5CC6CN(c7ccc(-c8cnc9[nH]cc(C(=O)c%10c(F)ccc(NS(=O)(=O)N%11CC[C@@H](F)C%11)c%10F)c9c8)cc7)CCCC65)CC4)ccc3C2=O)C(=O)N1. The summed E-state index contributed by atoms with van der Waals surface area (Å²) < 4.78 is 73.3. The second-order valence-electron chi connectivity index (χ2n) is 19.4. The number of rotatable bonds is 11. The molecule has 3 aromatic carbocycles. The maximum absolute atomic E-state index is 15.8. The number of pyridine rings is 1. The Morgan fingerprint density at radius 1 is 0.841 bits per heavy atom. The summed E-state index contributed by atoms with van der Waals surface area (Å²) in [7, 11) is -4.36. The molecule has 360 valence electrons. The van der Waals surface area contributed by atoms with Gasteiger partial charge in [-0.25, -0.2) is 18.2 Å². The van der Waals surface area contributed by atoms with E-state index in [1.54, 1.807) is 17.2 Å². The van der Waals surface area contributed by atoms with E-state index < -0.39 is 57.0 Å². The summed E-state index contributed by atoms with van der Waals surface area (Å²) in [5.74, 6) is -3.20. The molecule has 0 radical (unpaired) electrons. The number of nitrogens with one attached hydrogen (secondary N) is 3. The number of piperidine rings is 2. The molecule has 5 fully saturated rings. The van der Waals surface area contributed by atoms with E-state index in [9.17, 15) is 32.0 Å². The van der Waals surface area contributed by atoms with Gasteiger partial charge in [-0.2, -0.15) is 12.7 Å². The summed E-state index contributed by atoms with van der Waals surface area (Å²) in [6, 6.07) is 17.6. The molecule has 69 heavy (non-hydrogen) atoms. The topological polar surface area (TPSA) is 171 Å². The fraction of sp³-hybridized carbons (Fsp3) is 0.420. The fourth-order valence-corrected chi connectivity index (χ4v) is 12.7. The van der Waals surface area contributed by atoms with Gasteiger partial charge in [-0.1, -0.05) is 12.1 Å². The van der Waals surface area contributed by atoms with Crippen LogP contribution in [0, 0.1) is 23.5 Å². The molecule has 2 aromatic heterocycles. The largest absolute Gasteiger partial charge is 0.372 e. The van der Waals surface area contributed by atoms with E-state index in [0.717, 1.165) is 104 Å². The van der Waals surface area contributed by atoms with E-state index in [4.69, 9.17) is 0 Å². The second kappa shape index (κ2) is 17.9.